The maximum atomic E-state index is 12.3. The van der Waals surface area contributed by atoms with Crippen LogP contribution in [-0.2, 0) is 11.3 Å². The number of carbonyl (C=O) groups is 1. The van der Waals surface area contributed by atoms with Crippen molar-refractivity contribution in [3.63, 3.8) is 0 Å². The van der Waals surface area contributed by atoms with E-state index < -0.39 is 0 Å². The van der Waals surface area contributed by atoms with Crippen molar-refractivity contribution in [3.8, 4) is 0 Å². The fraction of sp³-hybridized carbons (Fsp3) is 0.267. The zero-order chi connectivity index (χ0) is 15.4. The molecule has 0 spiro atoms. The van der Waals surface area contributed by atoms with Crippen LogP contribution in [0.1, 0.15) is 11.8 Å². The van der Waals surface area contributed by atoms with Gasteiger partial charge in [-0.1, -0.05) is 29.3 Å². The molecule has 2 atom stereocenters. The van der Waals surface area contributed by atoms with Crippen molar-refractivity contribution < 1.29 is 9.69 Å². The van der Waals surface area contributed by atoms with Crippen LogP contribution in [0.2, 0.25) is 10.0 Å². The predicted molar refractivity (Wildman–Crippen MR) is 89.5 cm³/mol. The Morgan fingerprint density at radius 3 is 2.57 bits per heavy atom. The highest BCUT2D eigenvalue weighted by molar-refractivity contribution is 7.09. The molecule has 2 N–H and O–H groups in total. The molecule has 0 aliphatic carbocycles. The van der Waals surface area contributed by atoms with Gasteiger partial charge in [-0.05, 0) is 36.6 Å². The zero-order valence-electron chi connectivity index (χ0n) is 11.8. The van der Waals surface area contributed by atoms with Gasteiger partial charge in [-0.3, -0.25) is 4.79 Å². The van der Waals surface area contributed by atoms with E-state index in [1.807, 2.05) is 25.4 Å². The van der Waals surface area contributed by atoms with E-state index in [9.17, 15) is 4.79 Å². The molecule has 0 saturated heterocycles. The summed E-state index contributed by atoms with van der Waals surface area (Å²) in [5.41, 5.74) is 0.619. The number of rotatable bonds is 5. The van der Waals surface area contributed by atoms with E-state index in [4.69, 9.17) is 23.2 Å². The minimum atomic E-state index is -0.176. The summed E-state index contributed by atoms with van der Waals surface area (Å²) in [5, 5.41) is 5.91. The Kier molecular flexibility index (Phi) is 5.65. The second kappa shape index (κ2) is 7.27. The summed E-state index contributed by atoms with van der Waals surface area (Å²) in [6, 6.07) is 8.93. The van der Waals surface area contributed by atoms with Gasteiger partial charge in [0.05, 0.1) is 11.9 Å². The molecule has 0 radical (unpaired) electrons. The van der Waals surface area contributed by atoms with Gasteiger partial charge in [-0.25, -0.2) is 0 Å². The van der Waals surface area contributed by atoms with Crippen LogP contribution in [0.3, 0.4) is 0 Å². The smallest absolute Gasteiger partial charge is 0.282 e. The minimum absolute atomic E-state index is 0.0533. The predicted octanol–water partition coefficient (Wildman–Crippen LogP) is 3.10. The lowest BCUT2D eigenvalue weighted by atomic mass is 10.2. The molecule has 0 aliphatic rings. The third-order valence-corrected chi connectivity index (χ3v) is 4.61. The molecular formula is C15H17Cl2N2OS+. The van der Waals surface area contributed by atoms with E-state index >= 15 is 0 Å². The quantitative estimate of drug-likeness (QED) is 0.859. The van der Waals surface area contributed by atoms with E-state index in [1.165, 1.54) is 4.88 Å². The Balaban J connectivity index is 1.98. The summed E-state index contributed by atoms with van der Waals surface area (Å²) < 4.78 is 0. The maximum Gasteiger partial charge on any atom is 0.282 e. The first kappa shape index (κ1) is 16.3. The molecule has 3 nitrogen and oxygen atoms in total. The number of amides is 1. The molecule has 0 aliphatic heterocycles. The summed E-state index contributed by atoms with van der Waals surface area (Å²) in [7, 11) is 2.01. The number of carbonyl (C=O) groups excluding carboxylic acids is 1. The van der Waals surface area contributed by atoms with Crippen molar-refractivity contribution in [2.24, 2.45) is 0 Å². The number of halogens is 2. The van der Waals surface area contributed by atoms with Gasteiger partial charge in [0, 0.05) is 15.7 Å². The number of hydrogen-bond acceptors (Lipinski definition) is 2. The summed E-state index contributed by atoms with van der Waals surface area (Å²) >= 11 is 13.6. The average Bonchev–Trinajstić information content (AvgIpc) is 2.89. The third kappa shape index (κ3) is 4.71. The largest absolute Gasteiger partial charge is 0.323 e. The van der Waals surface area contributed by atoms with Gasteiger partial charge in [-0.2, -0.15) is 0 Å². The van der Waals surface area contributed by atoms with Gasteiger partial charge < -0.3 is 10.2 Å². The van der Waals surface area contributed by atoms with Gasteiger partial charge in [-0.15, -0.1) is 11.3 Å². The van der Waals surface area contributed by atoms with Crippen molar-refractivity contribution in [1.29, 1.82) is 0 Å². The molecule has 1 aromatic heterocycles. The molecule has 0 fully saturated rings. The van der Waals surface area contributed by atoms with Gasteiger partial charge in [0.1, 0.15) is 6.54 Å². The highest BCUT2D eigenvalue weighted by Gasteiger charge is 2.22. The normalized spacial score (nSPS) is 13.7. The molecule has 21 heavy (non-hydrogen) atoms. The second-order valence-electron chi connectivity index (χ2n) is 4.97. The Bertz CT molecular complexity index is 596. The second-order valence-corrected chi connectivity index (χ2v) is 6.88. The molecule has 1 amide bonds. The molecule has 2 rings (SSSR count). The van der Waals surface area contributed by atoms with Crippen molar-refractivity contribution in [2.45, 2.75) is 19.5 Å². The molecule has 1 aromatic carbocycles. The standard InChI is InChI=1S/C15H16Cl2N2OS/c1-10(19(2)9-14-4-3-5-21-14)15(20)18-13-7-11(16)6-12(17)8-13/h3-8,10H,9H2,1-2H3,(H,18,20)/p+1/t10-/m0/s1. The van der Waals surface area contributed by atoms with E-state index in [0.29, 0.717) is 15.7 Å². The number of thiophene rings is 1. The first-order valence-corrected chi connectivity index (χ1v) is 8.21. The zero-order valence-corrected chi connectivity index (χ0v) is 14.1. The number of quaternary nitrogens is 1. The molecular weight excluding hydrogens is 327 g/mol. The van der Waals surface area contributed by atoms with Gasteiger partial charge in [0.25, 0.3) is 5.91 Å². The minimum Gasteiger partial charge on any atom is -0.323 e. The van der Waals surface area contributed by atoms with Crippen LogP contribution in [-0.4, -0.2) is 19.0 Å². The lowest BCUT2D eigenvalue weighted by Crippen LogP contribution is -3.12. The van der Waals surface area contributed by atoms with Crippen LogP contribution < -0.4 is 10.2 Å². The van der Waals surface area contributed by atoms with Crippen molar-refractivity contribution in [1.82, 2.24) is 0 Å². The van der Waals surface area contributed by atoms with Gasteiger partial charge in [0.2, 0.25) is 0 Å². The summed E-state index contributed by atoms with van der Waals surface area (Å²) in [6.45, 7) is 2.73. The number of benzene rings is 1. The molecule has 0 bridgehead atoms. The van der Waals surface area contributed by atoms with E-state index in [2.05, 4.69) is 11.4 Å². The number of hydrogen-bond donors (Lipinski definition) is 2. The third-order valence-electron chi connectivity index (χ3n) is 3.30. The summed E-state index contributed by atoms with van der Waals surface area (Å²) in [5.74, 6) is -0.0533. The average molecular weight is 344 g/mol. The van der Waals surface area contributed by atoms with Crippen LogP contribution >= 0.6 is 34.5 Å². The van der Waals surface area contributed by atoms with Crippen molar-refractivity contribution in [3.05, 3.63) is 50.6 Å². The number of anilines is 1. The van der Waals surface area contributed by atoms with Crippen LogP contribution in [0.25, 0.3) is 0 Å². The fourth-order valence-electron chi connectivity index (χ4n) is 1.94. The number of likely N-dealkylation sites (N-methyl/N-ethyl adjacent to an activating group) is 1. The van der Waals surface area contributed by atoms with Crippen LogP contribution in [0.4, 0.5) is 5.69 Å². The van der Waals surface area contributed by atoms with Crippen LogP contribution in [0.5, 0.6) is 0 Å². The van der Waals surface area contributed by atoms with Crippen LogP contribution in [0, 0.1) is 0 Å². The van der Waals surface area contributed by atoms with Crippen molar-refractivity contribution in [2.75, 3.05) is 12.4 Å². The molecule has 0 saturated carbocycles. The lowest BCUT2D eigenvalue weighted by molar-refractivity contribution is -0.907. The Morgan fingerprint density at radius 2 is 2.00 bits per heavy atom. The van der Waals surface area contributed by atoms with E-state index in [0.717, 1.165) is 11.4 Å². The monoisotopic (exact) mass is 343 g/mol. The molecule has 1 heterocycles. The van der Waals surface area contributed by atoms with Gasteiger partial charge in [0.15, 0.2) is 6.04 Å². The van der Waals surface area contributed by atoms with E-state index in [-0.39, 0.29) is 11.9 Å². The van der Waals surface area contributed by atoms with Crippen LogP contribution in [0.15, 0.2) is 35.7 Å². The first-order chi connectivity index (χ1) is 9.95. The lowest BCUT2D eigenvalue weighted by Gasteiger charge is -2.20. The molecule has 112 valence electrons. The molecule has 2 aromatic rings. The van der Waals surface area contributed by atoms with Gasteiger partial charge >= 0.3 is 0 Å². The fourth-order valence-corrected chi connectivity index (χ4v) is 3.27. The Morgan fingerprint density at radius 1 is 1.33 bits per heavy atom. The topological polar surface area (TPSA) is 33.5 Å². The SMILES string of the molecule is C[C@@H](C(=O)Nc1cc(Cl)cc(Cl)c1)[NH+](C)Cc1cccs1. The Hall–Kier alpha value is -1.07. The summed E-state index contributed by atoms with van der Waals surface area (Å²) in [6.07, 6.45) is 0. The van der Waals surface area contributed by atoms with Crippen molar-refractivity contribution >= 4 is 46.1 Å². The molecule has 1 unspecified atom stereocenters. The highest BCUT2D eigenvalue weighted by atomic mass is 35.5. The van der Waals surface area contributed by atoms with E-state index in [1.54, 1.807) is 29.5 Å². The summed E-state index contributed by atoms with van der Waals surface area (Å²) in [4.78, 5) is 14.7. The maximum absolute atomic E-state index is 12.3. The molecule has 6 heteroatoms. The Labute approximate surface area is 138 Å². The first-order valence-electron chi connectivity index (χ1n) is 6.57. The highest BCUT2D eigenvalue weighted by Crippen LogP contribution is 2.22. The number of nitrogens with one attached hydrogen (secondary N) is 2.